The molecule has 4 atom stereocenters. The fourth-order valence-corrected chi connectivity index (χ4v) is 4.30. The fraction of sp³-hybridized carbons (Fsp3) is 0.455. The van der Waals surface area contributed by atoms with Gasteiger partial charge in [0, 0.05) is 18.9 Å². The number of hydrogen-bond donors (Lipinski definition) is 4. The van der Waals surface area contributed by atoms with Gasteiger partial charge >= 0.3 is 0 Å². The topological polar surface area (TPSA) is 72.7 Å². The number of rotatable bonds is 5. The summed E-state index contributed by atoms with van der Waals surface area (Å²) in [7, 11) is 0. The molecule has 140 valence electrons. The van der Waals surface area contributed by atoms with Crippen molar-refractivity contribution in [2.45, 2.75) is 50.9 Å². The van der Waals surface area contributed by atoms with Gasteiger partial charge in [0.05, 0.1) is 5.60 Å². The van der Waals surface area contributed by atoms with Crippen molar-refractivity contribution in [3.05, 3.63) is 65.2 Å². The molecule has 4 heteroatoms. The third-order valence-corrected chi connectivity index (χ3v) is 5.70. The summed E-state index contributed by atoms with van der Waals surface area (Å²) in [5.41, 5.74) is 2.31. The highest BCUT2D eigenvalue weighted by Crippen LogP contribution is 2.42. The van der Waals surface area contributed by atoms with Gasteiger partial charge in [-0.25, -0.2) is 0 Å². The highest BCUT2D eigenvalue weighted by Gasteiger charge is 2.47. The lowest BCUT2D eigenvalue weighted by Crippen LogP contribution is -2.59. The summed E-state index contributed by atoms with van der Waals surface area (Å²) in [5.74, 6) is -0.109. The van der Waals surface area contributed by atoms with Gasteiger partial charge in [-0.05, 0) is 48.9 Å². The van der Waals surface area contributed by atoms with Crippen molar-refractivity contribution in [3.63, 3.8) is 0 Å². The van der Waals surface area contributed by atoms with Crippen molar-refractivity contribution in [2.24, 2.45) is 5.92 Å². The van der Waals surface area contributed by atoms with Crippen LogP contribution in [-0.2, 0) is 6.42 Å². The van der Waals surface area contributed by atoms with Crippen molar-refractivity contribution in [2.75, 3.05) is 6.54 Å². The van der Waals surface area contributed by atoms with E-state index < -0.39 is 11.8 Å². The molecule has 2 aromatic rings. The Morgan fingerprint density at radius 2 is 1.77 bits per heavy atom. The number of hydrogen-bond acceptors (Lipinski definition) is 4. The van der Waals surface area contributed by atoms with Crippen LogP contribution < -0.4 is 5.32 Å². The van der Waals surface area contributed by atoms with Crippen LogP contribution >= 0.6 is 0 Å². The van der Waals surface area contributed by atoms with E-state index in [1.165, 1.54) is 5.56 Å². The molecule has 4 N–H and O–H groups in total. The Morgan fingerprint density at radius 3 is 2.38 bits per heavy atom. The minimum Gasteiger partial charge on any atom is -0.508 e. The molecule has 1 heterocycles. The average Bonchev–Trinajstić information content (AvgIpc) is 2.61. The lowest BCUT2D eigenvalue weighted by Gasteiger charge is -2.47. The summed E-state index contributed by atoms with van der Waals surface area (Å²) in [5, 5.41) is 35.0. The molecule has 1 aliphatic heterocycles. The number of aryl methyl sites for hydroxylation is 1. The second-order valence-electron chi connectivity index (χ2n) is 7.55. The van der Waals surface area contributed by atoms with E-state index in [4.69, 9.17) is 0 Å². The number of aliphatic hydroxyl groups is 2. The zero-order valence-electron chi connectivity index (χ0n) is 15.5. The van der Waals surface area contributed by atoms with Crippen LogP contribution in [0.1, 0.15) is 42.4 Å². The van der Waals surface area contributed by atoms with Crippen LogP contribution in [-0.4, -0.2) is 33.7 Å². The summed E-state index contributed by atoms with van der Waals surface area (Å²) in [6.07, 6.45) is 1.14. The molecule has 0 bridgehead atoms. The third kappa shape index (κ3) is 3.93. The molecule has 26 heavy (non-hydrogen) atoms. The minimum absolute atomic E-state index is 0.00570. The monoisotopic (exact) mass is 355 g/mol. The molecule has 0 aliphatic carbocycles. The summed E-state index contributed by atoms with van der Waals surface area (Å²) in [4.78, 5) is 0. The van der Waals surface area contributed by atoms with E-state index in [0.717, 1.165) is 17.5 Å². The van der Waals surface area contributed by atoms with Crippen LogP contribution in [0.15, 0.2) is 48.5 Å². The summed E-state index contributed by atoms with van der Waals surface area (Å²) >= 11 is 0. The average molecular weight is 355 g/mol. The highest BCUT2D eigenvalue weighted by atomic mass is 16.3. The van der Waals surface area contributed by atoms with Gasteiger partial charge in [0.1, 0.15) is 12.0 Å². The number of aromatic hydroxyl groups is 1. The molecule has 0 radical (unpaired) electrons. The van der Waals surface area contributed by atoms with Crippen LogP contribution in [0.2, 0.25) is 0 Å². The van der Waals surface area contributed by atoms with Crippen LogP contribution in [0, 0.1) is 12.8 Å². The predicted octanol–water partition coefficient (Wildman–Crippen LogP) is 3.10. The second kappa shape index (κ2) is 7.78. The molecule has 0 saturated carbocycles. The lowest BCUT2D eigenvalue weighted by atomic mass is 9.67. The van der Waals surface area contributed by atoms with Gasteiger partial charge in [0.2, 0.25) is 0 Å². The Bertz CT molecular complexity index is 713. The molecule has 1 aliphatic rings. The SMILES string of the molecule is CCC(c1ccc(O)cc1)C1C(O)NCCC1(O)Cc1ccc(C)cc1. The third-order valence-electron chi connectivity index (χ3n) is 5.70. The molecular formula is C22H29NO3. The van der Waals surface area contributed by atoms with Crippen molar-refractivity contribution in [1.82, 2.24) is 5.32 Å². The van der Waals surface area contributed by atoms with E-state index in [1.807, 2.05) is 19.1 Å². The summed E-state index contributed by atoms with van der Waals surface area (Å²) < 4.78 is 0. The highest BCUT2D eigenvalue weighted by molar-refractivity contribution is 5.30. The van der Waals surface area contributed by atoms with E-state index in [-0.39, 0.29) is 17.6 Å². The molecule has 4 nitrogen and oxygen atoms in total. The first-order valence-electron chi connectivity index (χ1n) is 9.41. The molecule has 0 amide bonds. The van der Waals surface area contributed by atoms with Gasteiger partial charge in [-0.1, -0.05) is 48.9 Å². The Labute approximate surface area is 155 Å². The molecule has 4 unspecified atom stereocenters. The predicted molar refractivity (Wildman–Crippen MR) is 103 cm³/mol. The van der Waals surface area contributed by atoms with Gasteiger partial charge in [-0.15, -0.1) is 0 Å². The van der Waals surface area contributed by atoms with E-state index in [0.29, 0.717) is 19.4 Å². The first-order valence-corrected chi connectivity index (χ1v) is 9.41. The van der Waals surface area contributed by atoms with E-state index in [1.54, 1.807) is 12.1 Å². The van der Waals surface area contributed by atoms with Gasteiger partial charge in [-0.2, -0.15) is 0 Å². The van der Waals surface area contributed by atoms with Crippen molar-refractivity contribution >= 4 is 0 Å². The fourth-order valence-electron chi connectivity index (χ4n) is 4.30. The Morgan fingerprint density at radius 1 is 1.12 bits per heavy atom. The zero-order valence-corrected chi connectivity index (χ0v) is 15.5. The van der Waals surface area contributed by atoms with Crippen molar-refractivity contribution in [3.8, 4) is 5.75 Å². The minimum atomic E-state index is -0.988. The van der Waals surface area contributed by atoms with Crippen LogP contribution in [0.4, 0.5) is 0 Å². The molecule has 3 rings (SSSR count). The molecule has 0 aromatic heterocycles. The van der Waals surface area contributed by atoms with E-state index in [9.17, 15) is 15.3 Å². The van der Waals surface area contributed by atoms with Gasteiger partial charge in [0.25, 0.3) is 0 Å². The Kier molecular flexibility index (Phi) is 5.66. The van der Waals surface area contributed by atoms with Crippen LogP contribution in [0.25, 0.3) is 0 Å². The number of benzene rings is 2. The summed E-state index contributed by atoms with van der Waals surface area (Å²) in [6, 6.07) is 15.3. The van der Waals surface area contributed by atoms with E-state index >= 15 is 0 Å². The smallest absolute Gasteiger partial charge is 0.115 e. The van der Waals surface area contributed by atoms with Crippen LogP contribution in [0.5, 0.6) is 5.75 Å². The molecular weight excluding hydrogens is 326 g/mol. The van der Waals surface area contributed by atoms with Crippen LogP contribution in [0.3, 0.4) is 0 Å². The number of nitrogens with one attached hydrogen (secondary N) is 1. The maximum absolute atomic E-state index is 11.6. The standard InChI is InChI=1S/C22H29NO3/c1-3-19(17-8-10-18(24)11-9-17)20-21(25)23-13-12-22(20,26)14-16-6-4-15(2)5-7-16/h4-11,19-21,23-26H,3,12-14H2,1-2H3. The second-order valence-corrected chi connectivity index (χ2v) is 7.55. The number of phenolic OH excluding ortho intramolecular Hbond substituents is 1. The van der Waals surface area contributed by atoms with Crippen molar-refractivity contribution in [1.29, 1.82) is 0 Å². The molecule has 0 spiro atoms. The van der Waals surface area contributed by atoms with Crippen molar-refractivity contribution < 1.29 is 15.3 Å². The lowest BCUT2D eigenvalue weighted by molar-refractivity contribution is -0.120. The largest absolute Gasteiger partial charge is 0.508 e. The maximum atomic E-state index is 11.6. The summed E-state index contributed by atoms with van der Waals surface area (Å²) in [6.45, 7) is 4.71. The number of aliphatic hydroxyl groups excluding tert-OH is 1. The number of piperidine rings is 1. The van der Waals surface area contributed by atoms with Gasteiger partial charge < -0.3 is 15.3 Å². The zero-order chi connectivity index (χ0) is 18.7. The Hall–Kier alpha value is -1.88. The molecule has 1 saturated heterocycles. The Balaban J connectivity index is 1.93. The van der Waals surface area contributed by atoms with Gasteiger partial charge in [0.15, 0.2) is 0 Å². The maximum Gasteiger partial charge on any atom is 0.115 e. The molecule has 1 fully saturated rings. The number of phenols is 1. The first-order chi connectivity index (χ1) is 12.4. The van der Waals surface area contributed by atoms with Gasteiger partial charge in [-0.3, -0.25) is 5.32 Å². The normalized spacial score (nSPS) is 27.2. The molecule has 2 aromatic carbocycles. The first kappa shape index (κ1) is 18.9. The van der Waals surface area contributed by atoms with E-state index in [2.05, 4.69) is 36.5 Å². The quantitative estimate of drug-likeness (QED) is 0.665.